The van der Waals surface area contributed by atoms with Gasteiger partial charge in [0.25, 0.3) is 0 Å². The zero-order valence-corrected chi connectivity index (χ0v) is 17.1. The van der Waals surface area contributed by atoms with Crippen molar-refractivity contribution >= 4 is 11.9 Å². The van der Waals surface area contributed by atoms with Gasteiger partial charge in [0.2, 0.25) is 0 Å². The first kappa shape index (κ1) is 23.7. The van der Waals surface area contributed by atoms with Crippen LogP contribution in [0.4, 0.5) is 0 Å². The van der Waals surface area contributed by atoms with Gasteiger partial charge in [-0.2, -0.15) is 0 Å². The van der Waals surface area contributed by atoms with Crippen LogP contribution in [0.15, 0.2) is 12.1 Å². The SMILES string of the molecule is CCOCCOc1cc(C(=O)OCC)c(OCCOCC)cc1C(=O)OCC. The molecule has 1 rings (SSSR count). The minimum absolute atomic E-state index is 0.165. The largest absolute Gasteiger partial charge is 0.490 e. The molecular formula is C20H30O8. The topological polar surface area (TPSA) is 89.5 Å². The summed E-state index contributed by atoms with van der Waals surface area (Å²) in [4.78, 5) is 24.7. The van der Waals surface area contributed by atoms with Gasteiger partial charge in [-0.15, -0.1) is 0 Å². The molecule has 0 aliphatic carbocycles. The van der Waals surface area contributed by atoms with Gasteiger partial charge in [0.15, 0.2) is 0 Å². The predicted molar refractivity (Wildman–Crippen MR) is 102 cm³/mol. The summed E-state index contributed by atoms with van der Waals surface area (Å²) in [5.41, 5.74) is 0.329. The first-order valence-corrected chi connectivity index (χ1v) is 9.52. The number of carbonyl (C=O) groups excluding carboxylic acids is 2. The Labute approximate surface area is 166 Å². The minimum atomic E-state index is -0.570. The first-order chi connectivity index (χ1) is 13.6. The van der Waals surface area contributed by atoms with E-state index in [9.17, 15) is 9.59 Å². The number of carbonyl (C=O) groups is 2. The van der Waals surface area contributed by atoms with Gasteiger partial charge in [0, 0.05) is 13.2 Å². The molecule has 0 aromatic heterocycles. The Balaban J connectivity index is 3.20. The standard InChI is InChI=1S/C20H30O8/c1-5-23-9-11-27-17-13-16(20(22)26-8-4)18(28-12-10-24-6-2)14-15(17)19(21)25-7-3/h13-14H,5-12H2,1-4H3. The molecule has 28 heavy (non-hydrogen) atoms. The third kappa shape index (κ3) is 7.74. The summed E-state index contributed by atoms with van der Waals surface area (Å²) in [6, 6.07) is 2.87. The van der Waals surface area contributed by atoms with E-state index in [-0.39, 0.29) is 49.1 Å². The van der Waals surface area contributed by atoms with Crippen molar-refractivity contribution in [1.82, 2.24) is 0 Å². The lowest BCUT2D eigenvalue weighted by molar-refractivity contribution is 0.0497. The minimum Gasteiger partial charge on any atom is -0.490 e. The van der Waals surface area contributed by atoms with E-state index in [0.29, 0.717) is 26.4 Å². The van der Waals surface area contributed by atoms with Crippen LogP contribution in [0.2, 0.25) is 0 Å². The van der Waals surface area contributed by atoms with Gasteiger partial charge in [0.05, 0.1) is 26.4 Å². The van der Waals surface area contributed by atoms with Crippen molar-refractivity contribution in [2.45, 2.75) is 27.7 Å². The number of esters is 2. The molecule has 0 fully saturated rings. The smallest absolute Gasteiger partial charge is 0.342 e. The van der Waals surface area contributed by atoms with Crippen LogP contribution in [0.3, 0.4) is 0 Å². The molecule has 8 heteroatoms. The molecule has 0 heterocycles. The third-order valence-corrected chi connectivity index (χ3v) is 3.45. The number of hydrogen-bond donors (Lipinski definition) is 0. The summed E-state index contributed by atoms with van der Waals surface area (Å²) in [6.45, 7) is 9.80. The van der Waals surface area contributed by atoms with E-state index < -0.39 is 11.9 Å². The van der Waals surface area contributed by atoms with Crippen molar-refractivity contribution in [3.8, 4) is 11.5 Å². The maximum atomic E-state index is 12.4. The van der Waals surface area contributed by atoms with Gasteiger partial charge < -0.3 is 28.4 Å². The summed E-state index contributed by atoms with van der Waals surface area (Å²) in [6.07, 6.45) is 0. The van der Waals surface area contributed by atoms with Gasteiger partial charge in [0.1, 0.15) is 35.8 Å². The highest BCUT2D eigenvalue weighted by molar-refractivity contribution is 5.98. The molecule has 0 unspecified atom stereocenters. The highest BCUT2D eigenvalue weighted by Crippen LogP contribution is 2.31. The fourth-order valence-corrected chi connectivity index (χ4v) is 2.25. The molecule has 0 saturated heterocycles. The second-order valence-electron chi connectivity index (χ2n) is 5.38. The van der Waals surface area contributed by atoms with Crippen LogP contribution < -0.4 is 9.47 Å². The summed E-state index contributed by atoms with van der Waals surface area (Å²) in [5.74, 6) is -0.727. The van der Waals surface area contributed by atoms with Crippen LogP contribution >= 0.6 is 0 Å². The third-order valence-electron chi connectivity index (χ3n) is 3.45. The average molecular weight is 398 g/mol. The maximum absolute atomic E-state index is 12.4. The fourth-order valence-electron chi connectivity index (χ4n) is 2.25. The highest BCUT2D eigenvalue weighted by atomic mass is 16.5. The zero-order chi connectivity index (χ0) is 20.8. The molecule has 0 radical (unpaired) electrons. The van der Waals surface area contributed by atoms with Crippen LogP contribution in [0.5, 0.6) is 11.5 Å². The molecular weight excluding hydrogens is 368 g/mol. The van der Waals surface area contributed by atoms with Crippen molar-refractivity contribution in [3.05, 3.63) is 23.3 Å². The quantitative estimate of drug-likeness (QED) is 0.349. The number of benzene rings is 1. The van der Waals surface area contributed by atoms with Gasteiger partial charge in [-0.1, -0.05) is 0 Å². The monoisotopic (exact) mass is 398 g/mol. The Morgan fingerprint density at radius 2 is 1.04 bits per heavy atom. The Bertz CT molecular complexity index is 561. The van der Waals surface area contributed by atoms with Gasteiger partial charge in [-0.05, 0) is 39.8 Å². The van der Waals surface area contributed by atoms with Crippen LogP contribution in [0.25, 0.3) is 0 Å². The average Bonchev–Trinajstić information content (AvgIpc) is 2.69. The van der Waals surface area contributed by atoms with Crippen LogP contribution in [0, 0.1) is 0 Å². The second kappa shape index (κ2) is 13.8. The van der Waals surface area contributed by atoms with Crippen LogP contribution in [-0.2, 0) is 18.9 Å². The van der Waals surface area contributed by atoms with E-state index in [1.807, 2.05) is 13.8 Å². The lowest BCUT2D eigenvalue weighted by Crippen LogP contribution is -2.16. The first-order valence-electron chi connectivity index (χ1n) is 9.52. The molecule has 158 valence electrons. The number of rotatable bonds is 14. The summed E-state index contributed by atoms with van der Waals surface area (Å²) in [5, 5.41) is 0. The molecule has 0 aliphatic rings. The van der Waals surface area contributed by atoms with E-state index in [1.165, 1.54) is 12.1 Å². The van der Waals surface area contributed by atoms with Gasteiger partial charge in [-0.3, -0.25) is 0 Å². The Hall–Kier alpha value is -2.32. The van der Waals surface area contributed by atoms with Crippen molar-refractivity contribution in [2.75, 3.05) is 52.9 Å². The van der Waals surface area contributed by atoms with Crippen LogP contribution in [0.1, 0.15) is 48.4 Å². The van der Waals surface area contributed by atoms with Gasteiger partial charge >= 0.3 is 11.9 Å². The normalized spacial score (nSPS) is 10.4. The molecule has 0 spiro atoms. The van der Waals surface area contributed by atoms with Crippen molar-refractivity contribution in [2.24, 2.45) is 0 Å². The molecule has 1 aromatic rings. The fraction of sp³-hybridized carbons (Fsp3) is 0.600. The highest BCUT2D eigenvalue weighted by Gasteiger charge is 2.23. The van der Waals surface area contributed by atoms with Crippen molar-refractivity contribution in [3.63, 3.8) is 0 Å². The molecule has 0 saturated carbocycles. The lowest BCUT2D eigenvalue weighted by atomic mass is 10.1. The Morgan fingerprint density at radius 3 is 1.36 bits per heavy atom. The second-order valence-corrected chi connectivity index (χ2v) is 5.38. The predicted octanol–water partition coefficient (Wildman–Crippen LogP) is 2.87. The molecule has 0 atom stereocenters. The molecule has 0 aliphatic heterocycles. The zero-order valence-electron chi connectivity index (χ0n) is 17.1. The molecule has 1 aromatic carbocycles. The van der Waals surface area contributed by atoms with Gasteiger partial charge in [-0.25, -0.2) is 9.59 Å². The molecule has 0 amide bonds. The summed E-state index contributed by atoms with van der Waals surface area (Å²) >= 11 is 0. The van der Waals surface area contributed by atoms with E-state index in [4.69, 9.17) is 28.4 Å². The maximum Gasteiger partial charge on any atom is 0.342 e. The van der Waals surface area contributed by atoms with E-state index >= 15 is 0 Å². The molecule has 0 N–H and O–H groups in total. The van der Waals surface area contributed by atoms with E-state index in [2.05, 4.69) is 0 Å². The number of ether oxygens (including phenoxy) is 6. The van der Waals surface area contributed by atoms with Crippen LogP contribution in [-0.4, -0.2) is 64.8 Å². The summed E-state index contributed by atoms with van der Waals surface area (Å²) < 4.78 is 32.0. The Morgan fingerprint density at radius 1 is 0.643 bits per heavy atom. The Kier molecular flexibility index (Phi) is 11.7. The lowest BCUT2D eigenvalue weighted by Gasteiger charge is -2.16. The summed E-state index contributed by atoms with van der Waals surface area (Å²) in [7, 11) is 0. The van der Waals surface area contributed by atoms with Crippen molar-refractivity contribution < 1.29 is 38.0 Å². The molecule has 8 nitrogen and oxygen atoms in total. The molecule has 0 bridgehead atoms. The van der Waals surface area contributed by atoms with E-state index in [1.54, 1.807) is 13.8 Å². The van der Waals surface area contributed by atoms with E-state index in [0.717, 1.165) is 0 Å². The number of hydrogen-bond acceptors (Lipinski definition) is 8. The van der Waals surface area contributed by atoms with Crippen molar-refractivity contribution in [1.29, 1.82) is 0 Å².